The molecule has 2 aliphatic carbocycles. The molecule has 0 spiro atoms. The van der Waals surface area contributed by atoms with Gasteiger partial charge in [-0.15, -0.1) is 0 Å². The topological polar surface area (TPSA) is 106 Å². The van der Waals surface area contributed by atoms with Gasteiger partial charge in [0, 0.05) is 41.7 Å². The summed E-state index contributed by atoms with van der Waals surface area (Å²) in [7, 11) is 0. The summed E-state index contributed by atoms with van der Waals surface area (Å²) in [5, 5.41) is 14.8. The quantitative estimate of drug-likeness (QED) is 0.680. The molecule has 0 bridgehead atoms. The Bertz CT molecular complexity index is 1090. The summed E-state index contributed by atoms with van der Waals surface area (Å²) in [5.41, 5.74) is 3.04. The Morgan fingerprint density at radius 2 is 1.93 bits per heavy atom. The zero-order chi connectivity index (χ0) is 20.5. The highest BCUT2D eigenvalue weighted by Crippen LogP contribution is 2.39. The van der Waals surface area contributed by atoms with Crippen LogP contribution in [0.25, 0.3) is 11.3 Å². The molecule has 2 fully saturated rings. The Kier molecular flexibility index (Phi) is 4.90. The van der Waals surface area contributed by atoms with Gasteiger partial charge in [-0.25, -0.2) is 4.68 Å². The number of hydrogen-bond donors (Lipinski definition) is 2. The van der Waals surface area contributed by atoms with Gasteiger partial charge >= 0.3 is 0 Å². The zero-order valence-corrected chi connectivity index (χ0v) is 16.6. The molecule has 5 rings (SSSR count). The lowest BCUT2D eigenvalue weighted by Gasteiger charge is -2.29. The number of nitrogens with zero attached hydrogens (tertiary/aromatic N) is 4. The molecule has 0 aliphatic heterocycles. The predicted molar refractivity (Wildman–Crippen MR) is 111 cm³/mol. The molecular formula is C22H24N6O2. The molecule has 1 amide bonds. The number of nitrogens with one attached hydrogen (secondary N) is 2. The van der Waals surface area contributed by atoms with Crippen LogP contribution in [0, 0.1) is 0 Å². The fourth-order valence-corrected chi connectivity index (χ4v) is 4.14. The predicted octanol–water partition coefficient (Wildman–Crippen LogP) is 2.82. The lowest BCUT2D eigenvalue weighted by molar-refractivity contribution is 0.0916. The van der Waals surface area contributed by atoms with Gasteiger partial charge in [0.1, 0.15) is 5.69 Å². The molecule has 2 aliphatic rings. The van der Waals surface area contributed by atoms with Crippen LogP contribution in [0.4, 0.5) is 0 Å². The summed E-state index contributed by atoms with van der Waals surface area (Å²) in [5.74, 6) is 0.415. The van der Waals surface area contributed by atoms with E-state index < -0.39 is 0 Å². The molecule has 2 N–H and O–H groups in total. The van der Waals surface area contributed by atoms with E-state index in [1.165, 1.54) is 12.8 Å². The van der Waals surface area contributed by atoms with E-state index in [-0.39, 0.29) is 23.6 Å². The minimum Gasteiger partial charge on any atom is -0.348 e. The van der Waals surface area contributed by atoms with Gasteiger partial charge in [-0.3, -0.25) is 19.7 Å². The molecule has 0 atom stereocenters. The van der Waals surface area contributed by atoms with Gasteiger partial charge in [0.2, 0.25) is 0 Å². The van der Waals surface area contributed by atoms with Gasteiger partial charge < -0.3 is 5.32 Å². The van der Waals surface area contributed by atoms with E-state index in [2.05, 4.69) is 25.6 Å². The van der Waals surface area contributed by atoms with Crippen molar-refractivity contribution in [2.24, 2.45) is 0 Å². The second kappa shape index (κ2) is 7.85. The van der Waals surface area contributed by atoms with Crippen LogP contribution in [0.1, 0.15) is 66.7 Å². The lowest BCUT2D eigenvalue weighted by Crippen LogP contribution is -2.39. The highest BCUT2D eigenvalue weighted by Gasteiger charge is 2.28. The maximum absolute atomic E-state index is 12.5. The summed E-state index contributed by atoms with van der Waals surface area (Å²) in [6.45, 7) is 0. The van der Waals surface area contributed by atoms with Crippen molar-refractivity contribution in [1.29, 1.82) is 0 Å². The highest BCUT2D eigenvalue weighted by molar-refractivity contribution is 5.92. The largest absolute Gasteiger partial charge is 0.348 e. The molecule has 30 heavy (non-hydrogen) atoms. The van der Waals surface area contributed by atoms with Crippen LogP contribution in [0.5, 0.6) is 0 Å². The van der Waals surface area contributed by atoms with Crippen molar-refractivity contribution in [2.45, 2.75) is 56.5 Å². The van der Waals surface area contributed by atoms with Crippen molar-refractivity contribution in [3.05, 3.63) is 64.5 Å². The van der Waals surface area contributed by atoms with Crippen molar-refractivity contribution in [1.82, 2.24) is 30.3 Å². The molecule has 3 heterocycles. The highest BCUT2D eigenvalue weighted by atomic mass is 16.2. The van der Waals surface area contributed by atoms with Crippen LogP contribution in [0.2, 0.25) is 0 Å². The monoisotopic (exact) mass is 404 g/mol. The second-order valence-corrected chi connectivity index (χ2v) is 8.20. The first-order chi connectivity index (χ1) is 14.7. The van der Waals surface area contributed by atoms with E-state index in [4.69, 9.17) is 0 Å². The van der Waals surface area contributed by atoms with E-state index in [1.54, 1.807) is 29.2 Å². The number of aromatic nitrogens is 5. The maximum Gasteiger partial charge on any atom is 0.271 e. The average molecular weight is 404 g/mol. The third kappa shape index (κ3) is 3.90. The molecule has 0 saturated heterocycles. The van der Waals surface area contributed by atoms with Crippen LogP contribution >= 0.6 is 0 Å². The van der Waals surface area contributed by atoms with Crippen molar-refractivity contribution < 1.29 is 4.79 Å². The SMILES string of the molecule is O=C(NC1CCC(n2nc(-c3cccnc3)ccc2=O)CC1)c1cc(C2CC2)[nH]n1. The number of carbonyl (C=O) groups is 1. The first-order valence-electron chi connectivity index (χ1n) is 10.5. The summed E-state index contributed by atoms with van der Waals surface area (Å²) in [6.07, 6.45) is 9.00. The fourth-order valence-electron chi connectivity index (χ4n) is 4.14. The average Bonchev–Trinajstić information content (AvgIpc) is 3.51. The minimum atomic E-state index is -0.129. The van der Waals surface area contributed by atoms with Gasteiger partial charge in [0.05, 0.1) is 11.7 Å². The molecule has 154 valence electrons. The summed E-state index contributed by atoms with van der Waals surface area (Å²) in [4.78, 5) is 29.0. The van der Waals surface area contributed by atoms with Gasteiger partial charge in [0.15, 0.2) is 0 Å². The van der Waals surface area contributed by atoms with Gasteiger partial charge in [-0.2, -0.15) is 10.2 Å². The van der Waals surface area contributed by atoms with Crippen LogP contribution < -0.4 is 10.9 Å². The van der Waals surface area contributed by atoms with Crippen molar-refractivity contribution in [3.8, 4) is 11.3 Å². The van der Waals surface area contributed by atoms with Crippen molar-refractivity contribution >= 4 is 5.91 Å². The van der Waals surface area contributed by atoms with Crippen LogP contribution in [0.15, 0.2) is 47.5 Å². The Labute approximate surface area is 173 Å². The number of aromatic amines is 1. The molecule has 8 nitrogen and oxygen atoms in total. The van der Waals surface area contributed by atoms with Crippen molar-refractivity contribution in [3.63, 3.8) is 0 Å². The smallest absolute Gasteiger partial charge is 0.271 e. The molecule has 0 unspecified atom stereocenters. The third-order valence-corrected chi connectivity index (χ3v) is 6.01. The molecule has 2 saturated carbocycles. The summed E-state index contributed by atoms with van der Waals surface area (Å²) >= 11 is 0. The van der Waals surface area contributed by atoms with Crippen LogP contribution in [-0.4, -0.2) is 36.9 Å². The van der Waals surface area contributed by atoms with Gasteiger partial charge in [-0.05, 0) is 62.8 Å². The fraction of sp³-hybridized carbons (Fsp3) is 0.409. The molecular weight excluding hydrogens is 380 g/mol. The first kappa shape index (κ1) is 18.7. The third-order valence-electron chi connectivity index (χ3n) is 6.01. The Hall–Kier alpha value is -3.29. The van der Waals surface area contributed by atoms with E-state index >= 15 is 0 Å². The molecule has 0 radical (unpaired) electrons. The Balaban J connectivity index is 1.22. The zero-order valence-electron chi connectivity index (χ0n) is 16.6. The first-order valence-corrected chi connectivity index (χ1v) is 10.5. The Morgan fingerprint density at radius 1 is 1.10 bits per heavy atom. The number of rotatable bonds is 5. The summed E-state index contributed by atoms with van der Waals surface area (Å²) in [6, 6.07) is 9.08. The molecule has 3 aromatic heterocycles. The van der Waals surface area contributed by atoms with E-state index in [9.17, 15) is 9.59 Å². The molecule has 3 aromatic rings. The minimum absolute atomic E-state index is 0.0362. The standard InChI is InChI=1S/C22H24N6O2/c29-21-10-9-18(15-2-1-11-23-13-15)27-28(21)17-7-5-16(6-8-17)24-22(30)20-12-19(25-26-20)14-3-4-14/h1-2,9-14,16-17H,3-8H2,(H,24,30)(H,25,26). The van der Waals surface area contributed by atoms with E-state index in [0.29, 0.717) is 11.6 Å². The molecule has 0 aromatic carbocycles. The molecule has 8 heteroatoms. The number of carbonyl (C=O) groups excluding carboxylic acids is 1. The second-order valence-electron chi connectivity index (χ2n) is 8.20. The normalized spacial score (nSPS) is 21.3. The maximum atomic E-state index is 12.5. The number of hydrogen-bond acceptors (Lipinski definition) is 5. The van der Waals surface area contributed by atoms with E-state index in [0.717, 1.165) is 42.6 Å². The lowest BCUT2D eigenvalue weighted by atomic mass is 9.91. The van der Waals surface area contributed by atoms with E-state index in [1.807, 2.05) is 18.2 Å². The van der Waals surface area contributed by atoms with Crippen molar-refractivity contribution in [2.75, 3.05) is 0 Å². The summed E-state index contributed by atoms with van der Waals surface area (Å²) < 4.78 is 1.59. The van der Waals surface area contributed by atoms with Crippen LogP contribution in [-0.2, 0) is 0 Å². The van der Waals surface area contributed by atoms with Gasteiger partial charge in [-0.1, -0.05) is 0 Å². The number of H-pyrrole nitrogens is 1. The number of pyridine rings is 1. The Morgan fingerprint density at radius 3 is 2.67 bits per heavy atom. The van der Waals surface area contributed by atoms with Gasteiger partial charge in [0.25, 0.3) is 11.5 Å². The number of amides is 1. The van der Waals surface area contributed by atoms with Crippen LogP contribution in [0.3, 0.4) is 0 Å².